The number of aromatic nitrogens is 2. The molecule has 10 rings (SSSR count). The van der Waals surface area contributed by atoms with Crippen LogP contribution in [0.15, 0.2) is 48.5 Å². The van der Waals surface area contributed by atoms with Gasteiger partial charge in [0.25, 0.3) is 11.8 Å². The average Bonchev–Trinajstić information content (AvgIpc) is 1.76. The molecule has 4 amide bonds. The Kier molecular flexibility index (Phi) is 22.9. The molecule has 0 spiro atoms. The number of alkyl carbamates (subject to hydrolysis) is 2. The van der Waals surface area contributed by atoms with Gasteiger partial charge in [0, 0.05) is 84.7 Å². The van der Waals surface area contributed by atoms with Crippen molar-refractivity contribution in [2.75, 3.05) is 13.1 Å². The minimum Gasteiger partial charge on any atom is -0.540 e. The molecule has 12 atom stereocenters. The number of ether oxygens (including phenoxy) is 6. The topological polar surface area (TPSA) is 214 Å². The number of carbonyl (C=O) groups excluding carboxylic acids is 6. The summed E-state index contributed by atoms with van der Waals surface area (Å²) < 4.78 is 148. The molecule has 93 heavy (non-hydrogen) atoms. The Hall–Kier alpha value is -6.11. The number of alkyl halides is 8. The molecule has 2 aromatic heterocycles. The van der Waals surface area contributed by atoms with Gasteiger partial charge in [-0.2, -0.15) is 17.6 Å². The van der Waals surface area contributed by atoms with Crippen molar-refractivity contribution in [3.05, 3.63) is 59.7 Å². The Bertz CT molecular complexity index is 3400. The van der Waals surface area contributed by atoms with E-state index in [1.54, 1.807) is 69.2 Å². The zero-order chi connectivity index (χ0) is 66.5. The number of rotatable bonds is 7. The minimum atomic E-state index is -3.38. The van der Waals surface area contributed by atoms with E-state index in [0.717, 1.165) is 0 Å². The van der Waals surface area contributed by atoms with Crippen molar-refractivity contribution in [3.63, 3.8) is 0 Å². The summed E-state index contributed by atoms with van der Waals surface area (Å²) in [6, 6.07) is 5.75. The summed E-state index contributed by atoms with van der Waals surface area (Å²) in [7, 11) is 0. The molecule has 2 saturated heterocycles. The maximum atomic E-state index is 16.0. The third-order valence-electron chi connectivity index (χ3n) is 18.6. The molecule has 6 heterocycles. The molecular formula is C65H78F8N6O12V2-2. The molecule has 2 saturated carbocycles. The van der Waals surface area contributed by atoms with Crippen LogP contribution < -0.4 is 29.6 Å². The second-order valence-corrected chi connectivity index (χ2v) is 27.5. The van der Waals surface area contributed by atoms with Crippen LogP contribution in [0.4, 0.5) is 44.7 Å². The summed E-state index contributed by atoms with van der Waals surface area (Å²) in [5.74, 6) is -10.5. The molecule has 6 aliphatic rings. The molecule has 2 aromatic carbocycles. The summed E-state index contributed by atoms with van der Waals surface area (Å²) in [4.78, 5) is 89.7. The fourth-order valence-electron chi connectivity index (χ4n) is 13.0. The third-order valence-corrected chi connectivity index (χ3v) is 18.6. The van der Waals surface area contributed by atoms with Gasteiger partial charge in [0.05, 0.1) is 35.2 Å². The van der Waals surface area contributed by atoms with E-state index < -0.39 is 155 Å². The van der Waals surface area contributed by atoms with Gasteiger partial charge in [-0.25, -0.2) is 49.7 Å². The first-order chi connectivity index (χ1) is 42.6. The number of pyridine rings is 2. The molecule has 2 radical (unpaired) electrons. The second kappa shape index (κ2) is 28.7. The second-order valence-electron chi connectivity index (χ2n) is 27.5. The van der Waals surface area contributed by atoms with Gasteiger partial charge in [-0.1, -0.05) is 86.7 Å². The number of nitrogens with one attached hydrogen (secondary N) is 2. The zero-order valence-electron chi connectivity index (χ0n) is 53.3. The van der Waals surface area contributed by atoms with Gasteiger partial charge in [0.15, 0.2) is 0 Å². The van der Waals surface area contributed by atoms with E-state index in [2.05, 4.69) is 30.1 Å². The van der Waals surface area contributed by atoms with Crippen molar-refractivity contribution in [3.8, 4) is 23.3 Å². The largest absolute Gasteiger partial charge is 0.540 e. The number of hydrogen-bond donors (Lipinski definition) is 2. The van der Waals surface area contributed by atoms with Crippen LogP contribution >= 0.6 is 0 Å². The molecule has 18 nitrogen and oxygen atoms in total. The Labute approximate surface area is 558 Å². The van der Waals surface area contributed by atoms with E-state index in [1.807, 2.05) is 12.6 Å². The van der Waals surface area contributed by atoms with E-state index in [1.165, 1.54) is 58.3 Å². The van der Waals surface area contributed by atoms with Crippen LogP contribution in [0.2, 0.25) is 0 Å². The number of hydrogen-bond acceptors (Lipinski definition) is 14. The molecule has 4 fully saturated rings. The Morgan fingerprint density at radius 3 is 1.41 bits per heavy atom. The first-order valence-electron chi connectivity index (χ1n) is 30.8. The van der Waals surface area contributed by atoms with Gasteiger partial charge < -0.3 is 58.4 Å². The van der Waals surface area contributed by atoms with Gasteiger partial charge in [0.2, 0.25) is 23.6 Å². The quantitative estimate of drug-likeness (QED) is 0.130. The standard InChI is InChI=1S/C33H40F4N3O6.C32H38F4N3O6.2V/c1-6-21-24(17-41)40-16-25(21)45-27-22(13-18-10-11-20(44-29(34)35)14-23(18)38-27)33(36,37)12-8-7-9-19-15-32(19,5)46-30(43)39-26(28(40)42)31(2,3)4;1-17-23(16-40)39-15-24(17)44-26-21(12-18-9-10-20(43-28(33)34)13-22(18)37-26)32(35,36)11-7-6-8-19-14-31(19,5)45-29(42)38-25(27(39)41)30(2,3)4;;/h10-11,13-14,19,21,24-26,29H,6-9,12,15-16H2,1-5H3,(H,39,43);9-10,12-13,17,19,23-25,28H,6-8,11,14-15H2,1-5H3,(H,38,42);;/q2*-1;;/t19-,21+,24-,25+,26-,32-;17-,19+,23+,24-,25+,31+;;/m10../s1. The van der Waals surface area contributed by atoms with Crippen molar-refractivity contribution in [1.29, 1.82) is 0 Å². The van der Waals surface area contributed by atoms with Gasteiger partial charge >= 0.3 is 25.4 Å². The smallest absolute Gasteiger partial charge is 0.408 e. The van der Waals surface area contributed by atoms with Crippen molar-refractivity contribution >= 4 is 58.4 Å². The third kappa shape index (κ3) is 16.8. The Morgan fingerprint density at radius 1 is 0.624 bits per heavy atom. The monoisotopic (exact) mass is 1390 g/mol. The molecule has 4 aliphatic heterocycles. The van der Waals surface area contributed by atoms with Gasteiger partial charge in [0.1, 0.15) is 47.0 Å². The fraction of sp³-hybridized carbons (Fsp3) is 0.631. The molecule has 2 aliphatic carbocycles. The molecule has 4 bridgehead atoms. The van der Waals surface area contributed by atoms with Crippen LogP contribution in [-0.2, 0) is 77.6 Å². The molecule has 508 valence electrons. The molecule has 2 N–H and O–H groups in total. The summed E-state index contributed by atoms with van der Waals surface area (Å²) in [5.41, 5.74) is -3.90. The number of fused-ring (bicyclic) bond motifs is 10. The van der Waals surface area contributed by atoms with Crippen molar-refractivity contribution in [2.45, 2.75) is 213 Å². The SMILES string of the molecule is CC[C@@H]1[C@@H]2CN(C(=O)[C@H](C(C)(C)C)NC(=O)O[C@]3(C)C[C@H]3CCCCC(F)(F)c3cc4ccc(OC(F)F)cc4nc3O2)[C@@H]1[C-]=O.C[C@@H]1[C@@H]2CN(C(=O)[C@H](C(C)(C)C)NC(=O)O[C@]3(C)C[C@H]3CCCCC(F)(F)c3cc4ccc(OC(F)F)cc4nc3O2)[C@@H]1[C-]=O.[V].[V]. The maximum Gasteiger partial charge on any atom is 0.408 e. The maximum absolute atomic E-state index is 16.0. The van der Waals surface area contributed by atoms with Crippen LogP contribution in [-0.4, -0.2) is 130 Å². The fourth-order valence-corrected chi connectivity index (χ4v) is 13.0. The van der Waals surface area contributed by atoms with E-state index >= 15 is 17.6 Å². The molecule has 4 aromatic rings. The molecule has 0 unspecified atom stereocenters. The minimum absolute atomic E-state index is 0. The normalized spacial score (nSPS) is 29.8. The summed E-state index contributed by atoms with van der Waals surface area (Å²) in [5, 5.41) is 5.96. The van der Waals surface area contributed by atoms with E-state index in [9.17, 15) is 46.3 Å². The summed E-state index contributed by atoms with van der Waals surface area (Å²) in [6.07, 6.45) is 3.19. The zero-order valence-corrected chi connectivity index (χ0v) is 56.1. The van der Waals surface area contributed by atoms with Crippen molar-refractivity contribution in [2.24, 2.45) is 34.5 Å². The van der Waals surface area contributed by atoms with E-state index in [4.69, 9.17) is 18.9 Å². The summed E-state index contributed by atoms with van der Waals surface area (Å²) >= 11 is 0. The van der Waals surface area contributed by atoms with Gasteiger partial charge in [-0.3, -0.25) is 9.59 Å². The van der Waals surface area contributed by atoms with Crippen LogP contribution in [0, 0.1) is 34.5 Å². The first-order valence-corrected chi connectivity index (χ1v) is 30.8. The average molecular weight is 1390 g/mol. The number of halogens is 8. The van der Waals surface area contributed by atoms with Crippen LogP contribution in [0.25, 0.3) is 21.8 Å². The number of benzene rings is 2. The Balaban J connectivity index is 0.000000258. The number of amides is 4. The molecular weight excluding hydrogens is 1310 g/mol. The number of carbonyl (C=O) groups is 4. The predicted octanol–water partition coefficient (Wildman–Crippen LogP) is 12.6. The van der Waals surface area contributed by atoms with Gasteiger partial charge in [-0.05, 0) is 111 Å². The number of nitrogens with zero attached hydrogens (tertiary/aromatic N) is 4. The van der Waals surface area contributed by atoms with Crippen LogP contribution in [0.5, 0.6) is 23.3 Å². The van der Waals surface area contributed by atoms with Crippen LogP contribution in [0.3, 0.4) is 0 Å². The van der Waals surface area contributed by atoms with E-state index in [-0.39, 0.29) is 108 Å². The Morgan fingerprint density at radius 2 is 1.02 bits per heavy atom. The van der Waals surface area contributed by atoms with Crippen molar-refractivity contribution in [1.82, 2.24) is 30.4 Å². The summed E-state index contributed by atoms with van der Waals surface area (Å²) in [6.45, 7) is 11.0. The first kappa shape index (κ1) is 74.3. The molecule has 28 heteroatoms. The van der Waals surface area contributed by atoms with Crippen molar-refractivity contribution < 1.29 is 129 Å². The van der Waals surface area contributed by atoms with Gasteiger partial charge in [-0.15, -0.1) is 0 Å². The predicted molar refractivity (Wildman–Crippen MR) is 314 cm³/mol. The van der Waals surface area contributed by atoms with Crippen LogP contribution in [0.1, 0.15) is 151 Å². The van der Waals surface area contributed by atoms with E-state index in [0.29, 0.717) is 44.9 Å².